The van der Waals surface area contributed by atoms with E-state index in [4.69, 9.17) is 11.6 Å². The zero-order valence-electron chi connectivity index (χ0n) is 21.5. The highest BCUT2D eigenvalue weighted by Crippen LogP contribution is 2.47. The number of halogens is 1. The van der Waals surface area contributed by atoms with Gasteiger partial charge in [-0.2, -0.15) is 0 Å². The van der Waals surface area contributed by atoms with E-state index < -0.39 is 6.04 Å². The van der Waals surface area contributed by atoms with Gasteiger partial charge in [0.25, 0.3) is 0 Å². The van der Waals surface area contributed by atoms with Crippen molar-refractivity contribution in [3.8, 4) is 0 Å². The normalized spacial score (nSPS) is 19.1. The second-order valence-corrected chi connectivity index (χ2v) is 10.6. The molecule has 3 aromatic rings. The Hall–Kier alpha value is -3.37. The van der Waals surface area contributed by atoms with Crippen LogP contribution in [0.5, 0.6) is 0 Å². The minimum absolute atomic E-state index is 0.0497. The lowest BCUT2D eigenvalue weighted by molar-refractivity contribution is -0.119. The number of ketones is 1. The van der Waals surface area contributed by atoms with Crippen LogP contribution in [0.1, 0.15) is 74.1 Å². The van der Waals surface area contributed by atoms with Gasteiger partial charge in [0.1, 0.15) is 0 Å². The first-order valence-electron chi connectivity index (χ1n) is 13.2. The van der Waals surface area contributed by atoms with Crippen LogP contribution in [0.15, 0.2) is 84.1 Å². The Balaban J connectivity index is 1.65. The van der Waals surface area contributed by atoms with Gasteiger partial charge in [0, 0.05) is 29.1 Å². The van der Waals surface area contributed by atoms with Crippen LogP contribution < -0.4 is 10.2 Å². The topological polar surface area (TPSA) is 49.4 Å². The third-order valence-electron chi connectivity index (χ3n) is 7.49. The SMILES string of the molecule is CCCCCC(=O)N1c2ccccc2NC2=C(C(=O)C[C@H](c3ccc(Cl)cc3)C2)[C@H]1c1ccc(C)cc1. The summed E-state index contributed by atoms with van der Waals surface area (Å²) in [5, 5.41) is 4.29. The van der Waals surface area contributed by atoms with Crippen LogP contribution in [0, 0.1) is 6.92 Å². The number of allylic oxidation sites excluding steroid dienone is 1. The molecule has 0 radical (unpaired) electrons. The predicted molar refractivity (Wildman–Crippen MR) is 151 cm³/mol. The summed E-state index contributed by atoms with van der Waals surface area (Å²) >= 11 is 6.13. The molecule has 0 saturated heterocycles. The Morgan fingerprint density at radius 2 is 1.65 bits per heavy atom. The summed E-state index contributed by atoms with van der Waals surface area (Å²) in [6.45, 7) is 4.19. The number of carbonyl (C=O) groups is 2. The van der Waals surface area contributed by atoms with Crippen molar-refractivity contribution in [3.63, 3.8) is 0 Å². The molecule has 4 nitrogen and oxygen atoms in total. The molecule has 0 fully saturated rings. The largest absolute Gasteiger partial charge is 0.357 e. The first-order valence-corrected chi connectivity index (χ1v) is 13.6. The number of nitrogens with zero attached hydrogens (tertiary/aromatic N) is 1. The van der Waals surface area contributed by atoms with Gasteiger partial charge in [0.15, 0.2) is 5.78 Å². The Labute approximate surface area is 224 Å². The number of unbranched alkanes of at least 4 members (excludes halogenated alkanes) is 2. The summed E-state index contributed by atoms with van der Waals surface area (Å²) in [4.78, 5) is 29.8. The highest BCUT2D eigenvalue weighted by atomic mass is 35.5. The molecule has 0 bridgehead atoms. The number of carbonyl (C=O) groups excluding carboxylic acids is 2. The van der Waals surface area contributed by atoms with Crippen LogP contribution in [-0.2, 0) is 9.59 Å². The van der Waals surface area contributed by atoms with Crippen molar-refractivity contribution < 1.29 is 9.59 Å². The van der Waals surface area contributed by atoms with Gasteiger partial charge in [0.2, 0.25) is 5.91 Å². The number of hydrogen-bond acceptors (Lipinski definition) is 3. The Bertz CT molecular complexity index is 1330. The third-order valence-corrected chi connectivity index (χ3v) is 7.74. The molecular formula is C32H33ClN2O2. The number of rotatable bonds is 6. The van der Waals surface area contributed by atoms with E-state index in [0.717, 1.165) is 53.0 Å². The minimum atomic E-state index is -0.473. The fourth-order valence-electron chi connectivity index (χ4n) is 5.55. The van der Waals surface area contributed by atoms with Crippen LogP contribution >= 0.6 is 11.6 Å². The monoisotopic (exact) mass is 512 g/mol. The predicted octanol–water partition coefficient (Wildman–Crippen LogP) is 8.13. The fraction of sp³-hybridized carbons (Fsp3) is 0.312. The van der Waals surface area contributed by atoms with Crippen molar-refractivity contribution in [3.05, 3.63) is 106 Å². The summed E-state index contributed by atoms with van der Waals surface area (Å²) in [6.07, 6.45) is 4.43. The quantitative estimate of drug-likeness (QED) is 0.339. The van der Waals surface area contributed by atoms with Gasteiger partial charge in [-0.05, 0) is 61.1 Å². The number of aryl methyl sites for hydroxylation is 1. The molecule has 37 heavy (non-hydrogen) atoms. The molecule has 5 rings (SSSR count). The van der Waals surface area contributed by atoms with Crippen molar-refractivity contribution in [1.29, 1.82) is 0 Å². The van der Waals surface area contributed by atoms with E-state index in [1.807, 2.05) is 53.4 Å². The number of Topliss-reactive ketones (excluding diaryl/α,β-unsaturated/α-hetero) is 1. The molecule has 190 valence electrons. The lowest BCUT2D eigenvalue weighted by Gasteiger charge is -2.35. The number of amides is 1. The Kier molecular flexibility index (Phi) is 7.48. The van der Waals surface area contributed by atoms with Crippen molar-refractivity contribution in [2.75, 3.05) is 10.2 Å². The first kappa shape index (κ1) is 25.3. The van der Waals surface area contributed by atoms with E-state index in [1.165, 1.54) is 0 Å². The van der Waals surface area contributed by atoms with E-state index in [2.05, 4.69) is 43.4 Å². The number of nitrogens with one attached hydrogen (secondary N) is 1. The van der Waals surface area contributed by atoms with Crippen molar-refractivity contribution >= 4 is 34.7 Å². The number of hydrogen-bond donors (Lipinski definition) is 1. The van der Waals surface area contributed by atoms with Gasteiger partial charge in [-0.25, -0.2) is 0 Å². The van der Waals surface area contributed by atoms with E-state index in [1.54, 1.807) is 0 Å². The molecule has 0 unspecified atom stereocenters. The van der Waals surface area contributed by atoms with E-state index in [9.17, 15) is 9.59 Å². The van der Waals surface area contributed by atoms with E-state index in [-0.39, 0.29) is 17.6 Å². The molecule has 3 aromatic carbocycles. The van der Waals surface area contributed by atoms with Gasteiger partial charge in [-0.3, -0.25) is 14.5 Å². The maximum atomic E-state index is 14.0. The smallest absolute Gasteiger partial charge is 0.227 e. The third kappa shape index (κ3) is 5.21. The van der Waals surface area contributed by atoms with Gasteiger partial charge in [0.05, 0.1) is 17.4 Å². The molecule has 1 amide bonds. The standard InChI is InChI=1S/C32H33ClN2O2/c1-3-4-5-10-30(37)35-28-9-7-6-8-26(28)34-27-19-24(22-15-17-25(33)18-16-22)20-29(36)31(27)32(35)23-13-11-21(2)12-14-23/h6-9,11-18,24,32,34H,3-5,10,19-20H2,1-2H3/t24-,32-/m1/s1. The van der Waals surface area contributed by atoms with Gasteiger partial charge in [-0.1, -0.05) is 85.5 Å². The fourth-order valence-corrected chi connectivity index (χ4v) is 5.67. The van der Waals surface area contributed by atoms with Gasteiger partial charge in [-0.15, -0.1) is 0 Å². The molecule has 2 aliphatic rings. The van der Waals surface area contributed by atoms with E-state index in [0.29, 0.717) is 29.9 Å². The summed E-state index contributed by atoms with van der Waals surface area (Å²) in [5.41, 5.74) is 6.48. The summed E-state index contributed by atoms with van der Waals surface area (Å²) in [7, 11) is 0. The zero-order chi connectivity index (χ0) is 25.9. The van der Waals surface area contributed by atoms with Gasteiger partial charge >= 0.3 is 0 Å². The molecule has 1 aliphatic carbocycles. The lowest BCUT2D eigenvalue weighted by Crippen LogP contribution is -2.38. The molecule has 1 N–H and O–H groups in total. The summed E-state index contributed by atoms with van der Waals surface area (Å²) in [5.74, 6) is 0.182. The van der Waals surface area contributed by atoms with Crippen molar-refractivity contribution in [2.24, 2.45) is 0 Å². The highest BCUT2D eigenvalue weighted by Gasteiger charge is 2.41. The molecule has 0 saturated carbocycles. The van der Waals surface area contributed by atoms with Crippen molar-refractivity contribution in [1.82, 2.24) is 0 Å². The lowest BCUT2D eigenvalue weighted by atomic mass is 9.78. The second-order valence-electron chi connectivity index (χ2n) is 10.1. The first-order chi connectivity index (χ1) is 18.0. The average Bonchev–Trinajstić information content (AvgIpc) is 3.04. The molecule has 0 spiro atoms. The molecule has 2 atom stereocenters. The molecule has 5 heteroatoms. The van der Waals surface area contributed by atoms with Crippen LogP contribution in [0.4, 0.5) is 11.4 Å². The number of anilines is 2. The van der Waals surface area contributed by atoms with Gasteiger partial charge < -0.3 is 5.32 Å². The Morgan fingerprint density at radius 3 is 2.38 bits per heavy atom. The van der Waals surface area contributed by atoms with Crippen molar-refractivity contribution in [2.45, 2.75) is 64.3 Å². The maximum absolute atomic E-state index is 14.0. The van der Waals surface area contributed by atoms with E-state index >= 15 is 0 Å². The number of fused-ring (bicyclic) bond motifs is 1. The summed E-state index contributed by atoms with van der Waals surface area (Å²) < 4.78 is 0. The maximum Gasteiger partial charge on any atom is 0.227 e. The number of para-hydroxylation sites is 2. The van der Waals surface area contributed by atoms with Crippen LogP contribution in [-0.4, -0.2) is 11.7 Å². The van der Waals surface area contributed by atoms with Crippen LogP contribution in [0.2, 0.25) is 5.02 Å². The second kappa shape index (κ2) is 10.9. The zero-order valence-corrected chi connectivity index (χ0v) is 22.2. The highest BCUT2D eigenvalue weighted by molar-refractivity contribution is 6.30. The minimum Gasteiger partial charge on any atom is -0.357 e. The van der Waals surface area contributed by atoms with Crippen LogP contribution in [0.25, 0.3) is 0 Å². The molecule has 0 aromatic heterocycles. The number of benzene rings is 3. The summed E-state index contributed by atoms with van der Waals surface area (Å²) in [6, 6.07) is 23.5. The molecule has 1 heterocycles. The molecule has 1 aliphatic heterocycles. The molecular weight excluding hydrogens is 480 g/mol. The average molecular weight is 513 g/mol. The van der Waals surface area contributed by atoms with Crippen LogP contribution in [0.3, 0.4) is 0 Å². The Morgan fingerprint density at radius 1 is 0.946 bits per heavy atom.